The van der Waals surface area contributed by atoms with Gasteiger partial charge in [0.05, 0.1) is 6.04 Å². The zero-order chi connectivity index (χ0) is 19.2. The Kier molecular flexibility index (Phi) is 6.48. The number of rotatable bonds is 5. The minimum Gasteiger partial charge on any atom is -0.352 e. The molecule has 2 aromatic rings. The van der Waals surface area contributed by atoms with Crippen LogP contribution in [-0.4, -0.2) is 42.9 Å². The summed E-state index contributed by atoms with van der Waals surface area (Å²) in [5.41, 5.74) is 2.02. The van der Waals surface area contributed by atoms with Gasteiger partial charge in [-0.15, -0.1) is 0 Å². The van der Waals surface area contributed by atoms with Crippen LogP contribution in [-0.2, 0) is 0 Å². The van der Waals surface area contributed by atoms with Crippen LogP contribution in [0.3, 0.4) is 0 Å². The van der Waals surface area contributed by atoms with Crippen molar-refractivity contribution in [2.75, 3.05) is 26.2 Å². The van der Waals surface area contributed by atoms with Crippen LogP contribution >= 0.6 is 11.6 Å². The first-order valence-corrected chi connectivity index (χ1v) is 9.63. The summed E-state index contributed by atoms with van der Waals surface area (Å²) in [6.45, 7) is 4.62. The quantitative estimate of drug-likeness (QED) is 0.830. The third-order valence-electron chi connectivity index (χ3n) is 4.64. The summed E-state index contributed by atoms with van der Waals surface area (Å²) in [5.74, 6) is -0.232. The van der Waals surface area contributed by atoms with Gasteiger partial charge in [0.1, 0.15) is 0 Å². The van der Waals surface area contributed by atoms with Gasteiger partial charge in [0.2, 0.25) is 0 Å². The lowest BCUT2D eigenvalue weighted by Crippen LogP contribution is -2.48. The minimum absolute atomic E-state index is 0.0772. The number of benzene rings is 2. The number of nitrogens with zero attached hydrogens (tertiary/aromatic N) is 1. The van der Waals surface area contributed by atoms with Gasteiger partial charge in [-0.05, 0) is 42.3 Å². The van der Waals surface area contributed by atoms with Crippen molar-refractivity contribution in [1.82, 2.24) is 15.5 Å². The van der Waals surface area contributed by atoms with Gasteiger partial charge in [0, 0.05) is 42.3 Å². The second kappa shape index (κ2) is 9.02. The number of carbonyl (C=O) groups excluding carboxylic acids is 2. The average molecular weight is 386 g/mol. The van der Waals surface area contributed by atoms with Crippen LogP contribution in [0.15, 0.2) is 48.5 Å². The molecule has 1 aliphatic rings. The lowest BCUT2D eigenvalue weighted by atomic mass is 10.0. The molecule has 1 heterocycles. The SMILES string of the molecule is CCCNC(=O)c1cccc(C(=O)N2CCNCC2c2cccc(Cl)c2)c1. The Labute approximate surface area is 164 Å². The molecule has 1 atom stereocenters. The van der Waals surface area contributed by atoms with E-state index in [2.05, 4.69) is 10.6 Å². The molecular weight excluding hydrogens is 362 g/mol. The van der Waals surface area contributed by atoms with Gasteiger partial charge < -0.3 is 15.5 Å². The first-order chi connectivity index (χ1) is 13.1. The summed E-state index contributed by atoms with van der Waals surface area (Å²) in [6.07, 6.45) is 0.868. The van der Waals surface area contributed by atoms with Crippen LogP contribution in [0.1, 0.15) is 45.7 Å². The second-order valence-electron chi connectivity index (χ2n) is 6.61. The smallest absolute Gasteiger partial charge is 0.254 e. The Morgan fingerprint density at radius 3 is 2.74 bits per heavy atom. The number of carbonyl (C=O) groups is 2. The predicted octanol–water partition coefficient (Wildman–Crippen LogP) is 3.27. The van der Waals surface area contributed by atoms with Gasteiger partial charge in [-0.2, -0.15) is 0 Å². The van der Waals surface area contributed by atoms with Crippen LogP contribution in [0.2, 0.25) is 5.02 Å². The van der Waals surface area contributed by atoms with E-state index in [9.17, 15) is 9.59 Å². The maximum atomic E-state index is 13.2. The Morgan fingerprint density at radius 1 is 1.19 bits per heavy atom. The molecule has 27 heavy (non-hydrogen) atoms. The van der Waals surface area contributed by atoms with Crippen LogP contribution in [0.25, 0.3) is 0 Å². The highest BCUT2D eigenvalue weighted by molar-refractivity contribution is 6.30. The molecule has 2 N–H and O–H groups in total. The van der Waals surface area contributed by atoms with Crippen molar-refractivity contribution in [3.8, 4) is 0 Å². The fourth-order valence-electron chi connectivity index (χ4n) is 3.26. The molecule has 0 spiro atoms. The number of hydrogen-bond donors (Lipinski definition) is 2. The van der Waals surface area contributed by atoms with Gasteiger partial charge in [0.25, 0.3) is 11.8 Å². The van der Waals surface area contributed by atoms with Crippen molar-refractivity contribution in [3.05, 3.63) is 70.2 Å². The monoisotopic (exact) mass is 385 g/mol. The van der Waals surface area contributed by atoms with E-state index in [-0.39, 0.29) is 17.9 Å². The molecule has 142 valence electrons. The molecule has 3 rings (SSSR count). The molecule has 5 nitrogen and oxygen atoms in total. The summed E-state index contributed by atoms with van der Waals surface area (Å²) in [5, 5.41) is 6.84. The normalized spacial score (nSPS) is 16.8. The molecule has 1 aliphatic heterocycles. The van der Waals surface area contributed by atoms with E-state index in [0.717, 1.165) is 18.5 Å². The minimum atomic E-state index is -0.154. The number of piperazine rings is 1. The molecule has 0 aromatic heterocycles. The Bertz CT molecular complexity index is 825. The fraction of sp³-hybridized carbons (Fsp3) is 0.333. The van der Waals surface area contributed by atoms with Gasteiger partial charge in [-0.25, -0.2) is 0 Å². The van der Waals surface area contributed by atoms with Crippen molar-refractivity contribution in [1.29, 1.82) is 0 Å². The van der Waals surface area contributed by atoms with Crippen molar-refractivity contribution < 1.29 is 9.59 Å². The van der Waals surface area contributed by atoms with Crippen molar-refractivity contribution in [2.24, 2.45) is 0 Å². The van der Waals surface area contributed by atoms with Crippen molar-refractivity contribution >= 4 is 23.4 Å². The van der Waals surface area contributed by atoms with E-state index in [1.807, 2.05) is 36.1 Å². The van der Waals surface area contributed by atoms with E-state index in [1.165, 1.54) is 0 Å². The predicted molar refractivity (Wildman–Crippen MR) is 107 cm³/mol. The summed E-state index contributed by atoms with van der Waals surface area (Å²) < 4.78 is 0. The molecule has 6 heteroatoms. The van der Waals surface area contributed by atoms with E-state index < -0.39 is 0 Å². The average Bonchev–Trinajstić information content (AvgIpc) is 2.71. The lowest BCUT2D eigenvalue weighted by Gasteiger charge is -2.36. The lowest BCUT2D eigenvalue weighted by molar-refractivity contribution is 0.0634. The van der Waals surface area contributed by atoms with Gasteiger partial charge in [0.15, 0.2) is 0 Å². The Hall–Kier alpha value is -2.37. The fourth-order valence-corrected chi connectivity index (χ4v) is 3.46. The van der Waals surface area contributed by atoms with Gasteiger partial charge in [-0.3, -0.25) is 9.59 Å². The summed E-state index contributed by atoms with van der Waals surface area (Å²) >= 11 is 6.14. The highest BCUT2D eigenvalue weighted by atomic mass is 35.5. The molecule has 0 aliphatic carbocycles. The standard InChI is InChI=1S/C21H24ClN3O2/c1-2-9-24-20(26)16-6-3-7-17(12-16)21(27)25-11-10-23-14-19(25)15-5-4-8-18(22)13-15/h3-8,12-13,19,23H,2,9-11,14H2,1H3,(H,24,26). The second-order valence-corrected chi connectivity index (χ2v) is 7.05. The van der Waals surface area contributed by atoms with Crippen LogP contribution in [0.5, 0.6) is 0 Å². The molecule has 1 unspecified atom stereocenters. The van der Waals surface area contributed by atoms with E-state index in [0.29, 0.717) is 35.8 Å². The molecular formula is C21H24ClN3O2. The topological polar surface area (TPSA) is 61.4 Å². The number of hydrogen-bond acceptors (Lipinski definition) is 3. The molecule has 2 aromatic carbocycles. The molecule has 1 saturated heterocycles. The number of nitrogens with one attached hydrogen (secondary N) is 2. The van der Waals surface area contributed by atoms with Gasteiger partial charge in [-0.1, -0.05) is 36.7 Å². The van der Waals surface area contributed by atoms with Gasteiger partial charge >= 0.3 is 0 Å². The first-order valence-electron chi connectivity index (χ1n) is 9.25. The summed E-state index contributed by atoms with van der Waals surface area (Å²) in [6, 6.07) is 14.4. The zero-order valence-corrected chi connectivity index (χ0v) is 16.1. The number of halogens is 1. The summed E-state index contributed by atoms with van der Waals surface area (Å²) in [7, 11) is 0. The third kappa shape index (κ3) is 4.67. The number of amides is 2. The van der Waals surface area contributed by atoms with Crippen molar-refractivity contribution in [2.45, 2.75) is 19.4 Å². The van der Waals surface area contributed by atoms with E-state index in [1.54, 1.807) is 24.3 Å². The molecule has 0 radical (unpaired) electrons. The van der Waals surface area contributed by atoms with E-state index in [4.69, 9.17) is 11.6 Å². The molecule has 1 fully saturated rings. The Morgan fingerprint density at radius 2 is 1.96 bits per heavy atom. The third-order valence-corrected chi connectivity index (χ3v) is 4.88. The van der Waals surface area contributed by atoms with Crippen LogP contribution in [0, 0.1) is 0 Å². The largest absolute Gasteiger partial charge is 0.352 e. The van der Waals surface area contributed by atoms with Crippen molar-refractivity contribution in [3.63, 3.8) is 0 Å². The summed E-state index contributed by atoms with van der Waals surface area (Å²) in [4.78, 5) is 27.3. The first kappa shape index (κ1) is 19.4. The van der Waals surface area contributed by atoms with Crippen LogP contribution < -0.4 is 10.6 Å². The maximum Gasteiger partial charge on any atom is 0.254 e. The maximum absolute atomic E-state index is 13.2. The molecule has 0 bridgehead atoms. The van der Waals surface area contributed by atoms with E-state index >= 15 is 0 Å². The highest BCUT2D eigenvalue weighted by Gasteiger charge is 2.29. The molecule has 0 saturated carbocycles. The van der Waals surface area contributed by atoms with Crippen LogP contribution in [0.4, 0.5) is 0 Å². The zero-order valence-electron chi connectivity index (χ0n) is 15.4. The molecule has 2 amide bonds. The highest BCUT2D eigenvalue weighted by Crippen LogP contribution is 2.26. The Balaban J connectivity index is 1.84.